The number of carbonyl (C=O) groups excluding carboxylic acids is 1. The van der Waals surface area contributed by atoms with Crippen LogP contribution in [0.25, 0.3) is 0 Å². The number of carbonyl (C=O) groups is 1. The summed E-state index contributed by atoms with van der Waals surface area (Å²) in [6.45, 7) is 0. The van der Waals surface area contributed by atoms with E-state index in [0.29, 0.717) is 22.7 Å². The van der Waals surface area contributed by atoms with Gasteiger partial charge in [0, 0.05) is 16.1 Å². The van der Waals surface area contributed by atoms with Crippen LogP contribution in [0.15, 0.2) is 65.9 Å². The second-order valence-corrected chi connectivity index (χ2v) is 5.47. The number of nitrogens with one attached hydrogen (secondary N) is 1. The zero-order chi connectivity index (χ0) is 16.1. The van der Waals surface area contributed by atoms with Crippen LogP contribution in [0.1, 0.15) is 10.4 Å². The average Bonchev–Trinajstić information content (AvgIpc) is 2.56. The van der Waals surface area contributed by atoms with Gasteiger partial charge in [0.15, 0.2) is 5.75 Å². The Labute approximate surface area is 140 Å². The van der Waals surface area contributed by atoms with Gasteiger partial charge in [-0.25, -0.2) is 9.97 Å². The molecule has 1 N–H and O–H groups in total. The Morgan fingerprint density at radius 3 is 2.57 bits per heavy atom. The number of aromatic nitrogens is 3. The third-order valence-electron chi connectivity index (χ3n) is 2.83. The summed E-state index contributed by atoms with van der Waals surface area (Å²) in [7, 11) is 0. The molecule has 7 heteroatoms. The molecule has 0 aliphatic heterocycles. The van der Waals surface area contributed by atoms with Crippen molar-refractivity contribution in [3.63, 3.8) is 0 Å². The molecule has 0 aliphatic carbocycles. The lowest BCUT2D eigenvalue weighted by atomic mass is 10.2. The number of hydrogen-bond acceptors (Lipinski definition) is 5. The fourth-order valence-electron chi connectivity index (χ4n) is 1.85. The summed E-state index contributed by atoms with van der Waals surface area (Å²) in [6.07, 6.45) is 7.59. The number of ether oxygens (including phenoxy) is 1. The van der Waals surface area contributed by atoms with Gasteiger partial charge in [-0.05, 0) is 18.2 Å². The number of amides is 1. The molecule has 0 aliphatic rings. The van der Waals surface area contributed by atoms with Gasteiger partial charge in [0.2, 0.25) is 0 Å². The van der Waals surface area contributed by atoms with Crippen LogP contribution in [0.5, 0.6) is 11.5 Å². The van der Waals surface area contributed by atoms with Crippen LogP contribution in [0, 0.1) is 0 Å². The molecule has 3 aromatic rings. The van der Waals surface area contributed by atoms with Crippen LogP contribution in [0.2, 0.25) is 0 Å². The molecule has 0 bridgehead atoms. The molecular weight excluding hydrogens is 360 g/mol. The molecule has 0 saturated heterocycles. The normalized spacial score (nSPS) is 10.1. The highest BCUT2D eigenvalue weighted by Gasteiger charge is 2.08. The first kappa shape index (κ1) is 15.1. The molecule has 23 heavy (non-hydrogen) atoms. The smallest absolute Gasteiger partial charge is 0.255 e. The van der Waals surface area contributed by atoms with E-state index in [2.05, 4.69) is 36.2 Å². The van der Waals surface area contributed by atoms with Crippen LogP contribution in [-0.4, -0.2) is 20.9 Å². The van der Waals surface area contributed by atoms with E-state index in [4.69, 9.17) is 4.74 Å². The predicted molar refractivity (Wildman–Crippen MR) is 88.4 cm³/mol. The molecule has 6 nitrogen and oxygen atoms in total. The number of nitrogens with zero attached hydrogens (tertiary/aromatic N) is 3. The van der Waals surface area contributed by atoms with E-state index in [9.17, 15) is 4.79 Å². The predicted octanol–water partition coefficient (Wildman–Crippen LogP) is 3.68. The van der Waals surface area contributed by atoms with Gasteiger partial charge >= 0.3 is 0 Å². The first-order valence-electron chi connectivity index (χ1n) is 6.65. The Bertz CT molecular complexity index is 827. The van der Waals surface area contributed by atoms with Crippen molar-refractivity contribution < 1.29 is 9.53 Å². The zero-order valence-electron chi connectivity index (χ0n) is 11.8. The summed E-state index contributed by atoms with van der Waals surface area (Å²) in [5.74, 6) is 0.741. The van der Waals surface area contributed by atoms with Crippen molar-refractivity contribution in [2.75, 3.05) is 5.32 Å². The maximum atomic E-state index is 12.2. The van der Waals surface area contributed by atoms with Gasteiger partial charge < -0.3 is 10.1 Å². The van der Waals surface area contributed by atoms with Gasteiger partial charge in [-0.2, -0.15) is 0 Å². The number of pyridine rings is 1. The second kappa shape index (κ2) is 6.97. The van der Waals surface area contributed by atoms with Crippen molar-refractivity contribution >= 4 is 27.5 Å². The number of hydrogen-bond donors (Lipinski definition) is 1. The Morgan fingerprint density at radius 2 is 1.78 bits per heavy atom. The van der Waals surface area contributed by atoms with E-state index in [1.165, 1.54) is 6.33 Å². The molecule has 1 amide bonds. The first-order valence-corrected chi connectivity index (χ1v) is 7.45. The lowest BCUT2D eigenvalue weighted by Gasteiger charge is -2.08. The fourth-order valence-corrected chi connectivity index (χ4v) is 2.25. The lowest BCUT2D eigenvalue weighted by molar-refractivity contribution is 0.102. The number of benzene rings is 1. The van der Waals surface area contributed by atoms with Crippen molar-refractivity contribution in [2.24, 2.45) is 0 Å². The van der Waals surface area contributed by atoms with Gasteiger partial charge in [-0.15, -0.1) is 0 Å². The van der Waals surface area contributed by atoms with Crippen molar-refractivity contribution in [3.05, 3.63) is 71.5 Å². The Morgan fingerprint density at radius 1 is 1.00 bits per heavy atom. The monoisotopic (exact) mass is 370 g/mol. The summed E-state index contributed by atoms with van der Waals surface area (Å²) >= 11 is 3.34. The van der Waals surface area contributed by atoms with Crippen LogP contribution >= 0.6 is 15.9 Å². The van der Waals surface area contributed by atoms with E-state index in [-0.39, 0.29) is 5.91 Å². The topological polar surface area (TPSA) is 77.0 Å². The van der Waals surface area contributed by atoms with Crippen molar-refractivity contribution in [1.82, 2.24) is 15.0 Å². The quantitative estimate of drug-likeness (QED) is 0.757. The summed E-state index contributed by atoms with van der Waals surface area (Å²) in [6, 6.07) is 8.80. The van der Waals surface area contributed by atoms with Crippen molar-refractivity contribution in [3.8, 4) is 11.5 Å². The van der Waals surface area contributed by atoms with Crippen molar-refractivity contribution in [1.29, 1.82) is 0 Å². The van der Waals surface area contributed by atoms with Crippen LogP contribution in [0.4, 0.5) is 5.69 Å². The molecule has 0 saturated carbocycles. The molecule has 0 unspecified atom stereocenters. The van der Waals surface area contributed by atoms with Gasteiger partial charge in [0.25, 0.3) is 5.91 Å². The Hall–Kier alpha value is -2.80. The molecule has 0 radical (unpaired) electrons. The number of halogens is 1. The Balaban J connectivity index is 1.74. The molecule has 3 rings (SSSR count). The molecule has 1 aromatic carbocycles. The molecule has 2 aromatic heterocycles. The minimum atomic E-state index is -0.228. The van der Waals surface area contributed by atoms with Crippen LogP contribution in [0.3, 0.4) is 0 Å². The molecular formula is C16H11BrN4O2. The molecule has 0 spiro atoms. The molecule has 2 heterocycles. The fraction of sp³-hybridized carbons (Fsp3) is 0. The maximum absolute atomic E-state index is 12.2. The van der Waals surface area contributed by atoms with E-state index >= 15 is 0 Å². The standard InChI is InChI=1S/C16H11BrN4O2/c17-12-3-1-2-11(4-12)16(22)21-13-5-14(7-18-6-13)23-15-8-19-10-20-9-15/h1-10H,(H,21,22). The van der Waals surface area contributed by atoms with Gasteiger partial charge in [-0.3, -0.25) is 9.78 Å². The van der Waals surface area contributed by atoms with Crippen molar-refractivity contribution in [2.45, 2.75) is 0 Å². The highest BCUT2D eigenvalue weighted by Crippen LogP contribution is 2.22. The molecule has 0 fully saturated rings. The second-order valence-electron chi connectivity index (χ2n) is 4.55. The summed E-state index contributed by atoms with van der Waals surface area (Å²) in [5.41, 5.74) is 1.08. The number of rotatable bonds is 4. The summed E-state index contributed by atoms with van der Waals surface area (Å²) < 4.78 is 6.42. The first-order chi connectivity index (χ1) is 11.2. The van der Waals surface area contributed by atoms with Gasteiger partial charge in [0.1, 0.15) is 12.1 Å². The third-order valence-corrected chi connectivity index (χ3v) is 3.32. The molecule has 114 valence electrons. The van der Waals surface area contributed by atoms with E-state index < -0.39 is 0 Å². The third kappa shape index (κ3) is 4.10. The highest BCUT2D eigenvalue weighted by molar-refractivity contribution is 9.10. The van der Waals surface area contributed by atoms with E-state index in [1.807, 2.05) is 6.07 Å². The van der Waals surface area contributed by atoms with Gasteiger partial charge in [-0.1, -0.05) is 22.0 Å². The Kier molecular flexibility index (Phi) is 4.58. The zero-order valence-corrected chi connectivity index (χ0v) is 13.4. The largest absolute Gasteiger partial charge is 0.452 e. The van der Waals surface area contributed by atoms with Crippen LogP contribution < -0.4 is 10.1 Å². The average molecular weight is 371 g/mol. The van der Waals surface area contributed by atoms with Gasteiger partial charge in [0.05, 0.1) is 30.5 Å². The SMILES string of the molecule is O=C(Nc1cncc(Oc2cncnc2)c1)c1cccc(Br)c1. The maximum Gasteiger partial charge on any atom is 0.255 e. The minimum absolute atomic E-state index is 0.228. The highest BCUT2D eigenvalue weighted by atomic mass is 79.9. The van der Waals surface area contributed by atoms with E-state index in [1.54, 1.807) is 49.1 Å². The lowest BCUT2D eigenvalue weighted by Crippen LogP contribution is -2.12. The summed E-state index contributed by atoms with van der Waals surface area (Å²) in [4.78, 5) is 24.0. The number of anilines is 1. The summed E-state index contributed by atoms with van der Waals surface area (Å²) in [5, 5.41) is 2.78. The van der Waals surface area contributed by atoms with E-state index in [0.717, 1.165) is 4.47 Å². The minimum Gasteiger partial charge on any atom is -0.452 e. The molecule has 0 atom stereocenters. The van der Waals surface area contributed by atoms with Crippen LogP contribution in [-0.2, 0) is 0 Å².